The summed E-state index contributed by atoms with van der Waals surface area (Å²) in [6, 6.07) is 42.0. The number of hydrogen-bond donors (Lipinski definition) is 3. The van der Waals surface area contributed by atoms with Gasteiger partial charge in [0.1, 0.15) is 65.8 Å². The largest absolute Gasteiger partial charge is 0.508 e. The first-order valence-corrected chi connectivity index (χ1v) is 30.4. The summed E-state index contributed by atoms with van der Waals surface area (Å²) < 4.78 is 50.4. The molecule has 0 spiro atoms. The van der Waals surface area contributed by atoms with Crippen molar-refractivity contribution in [2.75, 3.05) is 80.0 Å². The summed E-state index contributed by atoms with van der Waals surface area (Å²) in [5, 5.41) is 20.1. The Morgan fingerprint density at radius 3 is 2.02 bits per heavy atom. The molecule has 1 saturated carbocycles. The van der Waals surface area contributed by atoms with E-state index >= 15 is 0 Å². The van der Waals surface area contributed by atoms with E-state index in [1.807, 2.05) is 107 Å². The van der Waals surface area contributed by atoms with Gasteiger partial charge in [0.15, 0.2) is 0 Å². The molecular formula is C68H78FN5O10S. The average molecular weight is 1180 g/mol. The molecule has 2 aliphatic rings. The van der Waals surface area contributed by atoms with E-state index in [4.69, 9.17) is 33.4 Å². The predicted molar refractivity (Wildman–Crippen MR) is 330 cm³/mol. The predicted octanol–water partition coefficient (Wildman–Crippen LogP) is 11.5. The lowest BCUT2D eigenvalue weighted by molar-refractivity contribution is -0.139. The molecule has 3 amide bonds. The molecular weight excluding hydrogens is 1100 g/mol. The normalized spacial score (nSPS) is 16.4. The molecule has 4 unspecified atom stereocenters. The van der Waals surface area contributed by atoms with Gasteiger partial charge in [-0.3, -0.25) is 14.4 Å². The number of halogens is 1. The number of thiazole rings is 1. The Labute approximate surface area is 502 Å². The number of aromatic hydroxyl groups is 1. The minimum atomic E-state index is -0.690. The number of amides is 3. The van der Waals surface area contributed by atoms with Gasteiger partial charge >= 0.3 is 0 Å². The zero-order valence-corrected chi connectivity index (χ0v) is 49.8. The highest BCUT2D eigenvalue weighted by molar-refractivity contribution is 7.10. The van der Waals surface area contributed by atoms with Gasteiger partial charge in [0.05, 0.1) is 63.9 Å². The van der Waals surface area contributed by atoms with E-state index < -0.39 is 18.1 Å². The van der Waals surface area contributed by atoms with E-state index in [0.29, 0.717) is 87.5 Å². The number of likely N-dealkylation sites (tertiary alicyclic amines) is 1. The van der Waals surface area contributed by atoms with Crippen LogP contribution in [0.25, 0.3) is 33.2 Å². The van der Waals surface area contributed by atoms with Gasteiger partial charge in [-0.15, -0.1) is 11.3 Å². The van der Waals surface area contributed by atoms with Crippen LogP contribution in [0.5, 0.6) is 23.0 Å². The van der Waals surface area contributed by atoms with E-state index in [-0.39, 0.29) is 54.5 Å². The molecule has 448 valence electrons. The third-order valence-corrected chi connectivity index (χ3v) is 16.7. The molecule has 7 aromatic rings. The first-order valence-electron chi connectivity index (χ1n) is 29.6. The van der Waals surface area contributed by atoms with Gasteiger partial charge in [-0.2, -0.15) is 0 Å². The molecule has 1 aliphatic heterocycles. The van der Waals surface area contributed by atoms with Crippen LogP contribution in [0.1, 0.15) is 86.5 Å². The van der Waals surface area contributed by atoms with Crippen LogP contribution in [0.15, 0.2) is 145 Å². The number of phenolic OH excluding ortho intramolecular Hbond substituents is 1. The fourth-order valence-electron chi connectivity index (χ4n) is 11.0. The molecule has 2 heterocycles. The zero-order valence-electron chi connectivity index (χ0n) is 49.0. The van der Waals surface area contributed by atoms with Crippen molar-refractivity contribution in [2.24, 2.45) is 5.92 Å². The quantitative estimate of drug-likeness (QED) is 0.0300. The van der Waals surface area contributed by atoms with Crippen LogP contribution < -0.4 is 24.8 Å². The van der Waals surface area contributed by atoms with E-state index in [2.05, 4.69) is 29.7 Å². The van der Waals surface area contributed by atoms with E-state index in [9.17, 15) is 23.9 Å². The Balaban J connectivity index is 0.681. The number of benzene rings is 6. The Kier molecular flexibility index (Phi) is 22.5. The van der Waals surface area contributed by atoms with Gasteiger partial charge in [-0.1, -0.05) is 105 Å². The SMILES string of the molecule is CCC(=C(c1ccc(O)cc1)c1ccc(OCCN(C)C(=O)COCCOCCOCCOc2ccc(OC3CC(c4nc(-c5ccc(F)c6ccccc56)cs4)N(C(=O)C(NC(=O)C(C)NC)C4CCCCC4)C3)cc2)cc1)c1ccccc1. The maximum absolute atomic E-state index is 14.9. The van der Waals surface area contributed by atoms with Crippen LogP contribution in [0.4, 0.5) is 4.39 Å². The van der Waals surface area contributed by atoms with Crippen molar-refractivity contribution in [3.05, 3.63) is 172 Å². The number of allylic oxidation sites excluding steroid dienone is 1. The van der Waals surface area contributed by atoms with Crippen molar-refractivity contribution in [3.8, 4) is 34.3 Å². The topological polar surface area (TPSA) is 170 Å². The van der Waals surface area contributed by atoms with Crippen LogP contribution in [-0.2, 0) is 28.6 Å². The number of likely N-dealkylation sites (N-methyl/N-ethyl adjacent to an activating group) is 2. The van der Waals surface area contributed by atoms with Gasteiger partial charge in [0, 0.05) is 29.8 Å². The summed E-state index contributed by atoms with van der Waals surface area (Å²) in [5.74, 6) is 1.39. The van der Waals surface area contributed by atoms with Crippen LogP contribution in [0.3, 0.4) is 0 Å². The molecule has 0 bridgehead atoms. The molecule has 15 nitrogen and oxygen atoms in total. The zero-order chi connectivity index (χ0) is 59.5. The fraction of sp³-hybridized carbons (Fsp3) is 0.382. The highest BCUT2D eigenvalue weighted by Crippen LogP contribution is 2.41. The number of phenols is 1. The van der Waals surface area contributed by atoms with Gasteiger partial charge in [0.2, 0.25) is 17.7 Å². The molecule has 1 saturated heterocycles. The van der Waals surface area contributed by atoms with Crippen molar-refractivity contribution >= 4 is 51.0 Å². The van der Waals surface area contributed by atoms with Gasteiger partial charge in [-0.05, 0) is 133 Å². The molecule has 1 aliphatic carbocycles. The minimum absolute atomic E-state index is 0.0118. The Morgan fingerprint density at radius 2 is 1.34 bits per heavy atom. The third-order valence-electron chi connectivity index (χ3n) is 15.8. The molecule has 2 fully saturated rings. The second kappa shape index (κ2) is 30.9. The average Bonchev–Trinajstić information content (AvgIpc) is 3.53. The number of rotatable bonds is 29. The molecule has 17 heteroatoms. The summed E-state index contributed by atoms with van der Waals surface area (Å²) >= 11 is 1.47. The standard InChI is InChI=1S/C68H78FN5O10S/c1-5-56(47-14-8-6-9-15-47)64(48-20-24-51(75)25-21-48)49-22-26-52(27-23-49)82-35-34-73(4)63(76)44-81-39-38-79-36-37-80-40-41-83-53-28-30-54(31-29-53)84-55-42-62(67-71-61(45-85-67)59-32-33-60(69)58-19-13-12-18-57(58)59)74(43-55)68(78)65(50-16-10-7-11-17-50)72-66(77)46(2)70-3/h6,8-9,12-15,18-33,45-46,50,55,62,65,70,75H,5,7,10-11,16-17,34-44H2,1-4H3,(H,72,77). The van der Waals surface area contributed by atoms with Gasteiger partial charge in [-0.25, -0.2) is 9.37 Å². The number of carbonyl (C=O) groups is 3. The van der Waals surface area contributed by atoms with Gasteiger partial charge in [0.25, 0.3) is 0 Å². The highest BCUT2D eigenvalue weighted by Gasteiger charge is 2.44. The van der Waals surface area contributed by atoms with E-state index in [1.54, 1.807) is 50.2 Å². The number of nitrogens with zero attached hydrogens (tertiary/aromatic N) is 3. The summed E-state index contributed by atoms with van der Waals surface area (Å²) in [7, 11) is 3.45. The monoisotopic (exact) mass is 1180 g/mol. The lowest BCUT2D eigenvalue weighted by atomic mass is 9.83. The maximum Gasteiger partial charge on any atom is 0.248 e. The van der Waals surface area contributed by atoms with Crippen molar-refractivity contribution in [3.63, 3.8) is 0 Å². The molecule has 9 rings (SSSR count). The lowest BCUT2D eigenvalue weighted by Crippen LogP contribution is -2.55. The molecule has 3 N–H and O–H groups in total. The number of aromatic nitrogens is 1. The van der Waals surface area contributed by atoms with Crippen molar-refractivity contribution < 1.29 is 52.3 Å². The Hall–Kier alpha value is -7.67. The lowest BCUT2D eigenvalue weighted by Gasteiger charge is -2.35. The van der Waals surface area contributed by atoms with Gasteiger partial charge < -0.3 is 54.0 Å². The maximum atomic E-state index is 14.9. The van der Waals surface area contributed by atoms with Crippen molar-refractivity contribution in [2.45, 2.75) is 83.0 Å². The van der Waals surface area contributed by atoms with Crippen molar-refractivity contribution in [1.29, 1.82) is 0 Å². The second-order valence-electron chi connectivity index (χ2n) is 21.5. The molecule has 1 aromatic heterocycles. The molecule has 0 radical (unpaired) electrons. The number of carbonyl (C=O) groups excluding carboxylic acids is 3. The summed E-state index contributed by atoms with van der Waals surface area (Å²) in [6.45, 7) is 6.82. The molecule has 4 atom stereocenters. The number of fused-ring (bicyclic) bond motifs is 1. The smallest absolute Gasteiger partial charge is 0.248 e. The summed E-state index contributed by atoms with van der Waals surface area (Å²) in [5.41, 5.74) is 6.99. The molecule has 85 heavy (non-hydrogen) atoms. The number of hydrogen-bond acceptors (Lipinski definition) is 13. The second-order valence-corrected chi connectivity index (χ2v) is 22.4. The van der Waals surface area contributed by atoms with Crippen molar-refractivity contribution in [1.82, 2.24) is 25.4 Å². The van der Waals surface area contributed by atoms with Crippen LogP contribution >= 0.6 is 11.3 Å². The third kappa shape index (κ3) is 16.6. The van der Waals surface area contributed by atoms with E-state index in [0.717, 1.165) is 76.7 Å². The van der Waals surface area contributed by atoms with Crippen LogP contribution in [-0.4, -0.2) is 136 Å². The number of nitrogens with one attached hydrogen (secondary N) is 2. The van der Waals surface area contributed by atoms with E-state index in [1.165, 1.54) is 23.0 Å². The van der Waals surface area contributed by atoms with Crippen LogP contribution in [0.2, 0.25) is 0 Å². The summed E-state index contributed by atoms with van der Waals surface area (Å²) in [6.07, 6.45) is 5.78. The minimum Gasteiger partial charge on any atom is -0.508 e. The summed E-state index contributed by atoms with van der Waals surface area (Å²) in [4.78, 5) is 49.6. The number of ether oxygens (including phenoxy) is 6. The Bertz CT molecular complexity index is 3300. The van der Waals surface area contributed by atoms with Crippen LogP contribution in [0, 0.1) is 11.7 Å². The molecule has 6 aromatic carbocycles. The fourth-order valence-corrected chi connectivity index (χ4v) is 12.0. The Morgan fingerprint density at radius 1 is 0.729 bits per heavy atom. The first kappa shape index (κ1) is 61.9. The first-order chi connectivity index (χ1) is 41.5. The highest BCUT2D eigenvalue weighted by atomic mass is 32.1.